The van der Waals surface area contributed by atoms with Gasteiger partial charge in [-0.2, -0.15) is 0 Å². The zero-order chi connectivity index (χ0) is 28.5. The van der Waals surface area contributed by atoms with Crippen molar-refractivity contribution in [3.63, 3.8) is 0 Å². The van der Waals surface area contributed by atoms with Gasteiger partial charge < -0.3 is 4.57 Å². The minimum atomic E-state index is -0.519. The van der Waals surface area contributed by atoms with Crippen LogP contribution in [0.3, 0.4) is 0 Å². The monoisotopic (exact) mass is 553 g/mol. The van der Waals surface area contributed by atoms with Crippen LogP contribution in [0.15, 0.2) is 121 Å². The van der Waals surface area contributed by atoms with E-state index in [1.807, 2.05) is 105 Å². The molecule has 1 aliphatic rings. The molecule has 5 nitrogen and oxygen atoms in total. The third-order valence-electron chi connectivity index (χ3n) is 7.17. The van der Waals surface area contributed by atoms with Gasteiger partial charge in [0.2, 0.25) is 0 Å². The predicted octanol–water partition coefficient (Wildman–Crippen LogP) is 7.26. The molecule has 0 radical (unpaired) electrons. The van der Waals surface area contributed by atoms with E-state index in [-0.39, 0.29) is 10.7 Å². The van der Waals surface area contributed by atoms with Crippen molar-refractivity contribution < 1.29 is 9.59 Å². The van der Waals surface area contributed by atoms with Crippen molar-refractivity contribution >= 4 is 40.9 Å². The number of aromatic nitrogens is 1. The van der Waals surface area contributed by atoms with E-state index < -0.39 is 11.8 Å². The first-order valence-electron chi connectivity index (χ1n) is 13.3. The molecule has 1 fully saturated rings. The van der Waals surface area contributed by atoms with Crippen LogP contribution >= 0.6 is 12.2 Å². The Hall–Kier alpha value is -5.07. The number of amides is 2. The summed E-state index contributed by atoms with van der Waals surface area (Å²) in [5, 5.41) is 2.81. The fraction of sp³-hybridized carbons (Fsp3) is 0.0571. The molecule has 0 atom stereocenters. The van der Waals surface area contributed by atoms with E-state index >= 15 is 0 Å². The lowest BCUT2D eigenvalue weighted by atomic mass is 10.0. The average Bonchev–Trinajstić information content (AvgIpc) is 3.37. The van der Waals surface area contributed by atoms with E-state index in [0.29, 0.717) is 5.69 Å². The number of para-hydroxylation sites is 1. The highest BCUT2D eigenvalue weighted by Crippen LogP contribution is 2.38. The summed E-state index contributed by atoms with van der Waals surface area (Å²) in [6, 6.07) is 38.0. The van der Waals surface area contributed by atoms with Gasteiger partial charge in [-0.3, -0.25) is 19.8 Å². The van der Waals surface area contributed by atoms with Gasteiger partial charge in [0.1, 0.15) is 5.57 Å². The van der Waals surface area contributed by atoms with Crippen LogP contribution in [-0.4, -0.2) is 21.5 Å². The number of nitrogens with one attached hydrogen (secondary N) is 1. The van der Waals surface area contributed by atoms with Crippen LogP contribution in [-0.2, 0) is 9.59 Å². The number of benzene rings is 4. The molecule has 1 saturated heterocycles. The number of hydrogen-bond donors (Lipinski definition) is 1. The first-order valence-corrected chi connectivity index (χ1v) is 13.7. The smallest absolute Gasteiger partial charge is 0.270 e. The van der Waals surface area contributed by atoms with Gasteiger partial charge in [-0.1, -0.05) is 91.0 Å². The van der Waals surface area contributed by atoms with Gasteiger partial charge >= 0.3 is 0 Å². The van der Waals surface area contributed by atoms with Crippen LogP contribution in [0.4, 0.5) is 5.69 Å². The van der Waals surface area contributed by atoms with E-state index in [4.69, 9.17) is 12.2 Å². The molecule has 1 N–H and O–H groups in total. The molecule has 2 amide bonds. The third kappa shape index (κ3) is 4.90. The van der Waals surface area contributed by atoms with Gasteiger partial charge in [0.05, 0.1) is 17.1 Å². The molecule has 0 spiro atoms. The number of hydrogen-bond acceptors (Lipinski definition) is 3. The molecule has 41 heavy (non-hydrogen) atoms. The third-order valence-corrected chi connectivity index (χ3v) is 7.45. The molecule has 5 aromatic rings. The Morgan fingerprint density at radius 3 is 2.00 bits per heavy atom. The van der Waals surface area contributed by atoms with Gasteiger partial charge in [-0.05, 0) is 78.7 Å². The van der Waals surface area contributed by atoms with E-state index in [1.165, 1.54) is 4.90 Å². The summed E-state index contributed by atoms with van der Waals surface area (Å²) < 4.78 is 2.18. The molecule has 0 bridgehead atoms. The van der Waals surface area contributed by atoms with Gasteiger partial charge in [-0.15, -0.1) is 0 Å². The van der Waals surface area contributed by atoms with Crippen molar-refractivity contribution in [3.05, 3.63) is 138 Å². The summed E-state index contributed by atoms with van der Waals surface area (Å²) in [6.07, 6.45) is 1.69. The number of nitrogens with zero attached hydrogens (tertiary/aromatic N) is 2. The van der Waals surface area contributed by atoms with Crippen LogP contribution < -0.4 is 10.2 Å². The van der Waals surface area contributed by atoms with Gasteiger partial charge in [0.25, 0.3) is 11.8 Å². The van der Waals surface area contributed by atoms with E-state index in [9.17, 15) is 9.59 Å². The van der Waals surface area contributed by atoms with Crippen molar-refractivity contribution in [2.45, 2.75) is 13.8 Å². The van der Waals surface area contributed by atoms with Crippen LogP contribution in [0.5, 0.6) is 0 Å². The van der Waals surface area contributed by atoms with Crippen molar-refractivity contribution in [1.29, 1.82) is 0 Å². The Morgan fingerprint density at radius 1 is 0.732 bits per heavy atom. The van der Waals surface area contributed by atoms with E-state index in [1.54, 1.807) is 6.08 Å². The first-order chi connectivity index (χ1) is 19.9. The minimum absolute atomic E-state index is 0.0153. The molecule has 4 aromatic carbocycles. The zero-order valence-electron chi connectivity index (χ0n) is 22.7. The van der Waals surface area contributed by atoms with Crippen LogP contribution in [0.25, 0.3) is 34.3 Å². The fourth-order valence-electron chi connectivity index (χ4n) is 5.19. The second-order valence-corrected chi connectivity index (χ2v) is 10.4. The molecule has 0 aliphatic carbocycles. The maximum absolute atomic E-state index is 14.0. The van der Waals surface area contributed by atoms with Crippen molar-refractivity contribution in [2.24, 2.45) is 0 Å². The zero-order valence-corrected chi connectivity index (χ0v) is 23.5. The van der Waals surface area contributed by atoms with Crippen molar-refractivity contribution in [2.75, 3.05) is 4.90 Å². The predicted molar refractivity (Wildman–Crippen MR) is 169 cm³/mol. The molecular formula is C35H27N3O2S. The SMILES string of the molecule is Cc1ccc(C)c(N2C(=O)/C(=C\c3cc(-c4ccccc4)n(-c4ccccc4)c3-c3ccccc3)C(=O)NC2=S)c1. The van der Waals surface area contributed by atoms with Gasteiger partial charge in [0.15, 0.2) is 5.11 Å². The molecule has 2 heterocycles. The Morgan fingerprint density at radius 2 is 1.34 bits per heavy atom. The van der Waals surface area contributed by atoms with Crippen LogP contribution in [0.2, 0.25) is 0 Å². The van der Waals surface area contributed by atoms with Crippen molar-refractivity contribution in [3.8, 4) is 28.2 Å². The summed E-state index contributed by atoms with van der Waals surface area (Å²) in [6.45, 7) is 3.88. The molecule has 6 heteroatoms. The minimum Gasteiger partial charge on any atom is -0.309 e. The number of carbonyl (C=O) groups excluding carboxylic acids is 2. The van der Waals surface area contributed by atoms with Crippen LogP contribution in [0.1, 0.15) is 16.7 Å². The molecule has 200 valence electrons. The maximum Gasteiger partial charge on any atom is 0.270 e. The number of thiocarbonyl (C=S) groups is 1. The lowest BCUT2D eigenvalue weighted by molar-refractivity contribution is -0.122. The lowest BCUT2D eigenvalue weighted by Gasteiger charge is -2.30. The highest BCUT2D eigenvalue weighted by Gasteiger charge is 2.35. The van der Waals surface area contributed by atoms with Gasteiger partial charge in [0, 0.05) is 11.3 Å². The molecule has 0 unspecified atom stereocenters. The molecule has 0 saturated carbocycles. The summed E-state index contributed by atoms with van der Waals surface area (Å²) in [7, 11) is 0. The molecule has 1 aliphatic heterocycles. The second-order valence-electron chi connectivity index (χ2n) is 9.98. The van der Waals surface area contributed by atoms with E-state index in [2.05, 4.69) is 34.1 Å². The van der Waals surface area contributed by atoms with Crippen LogP contribution in [0, 0.1) is 13.8 Å². The highest BCUT2D eigenvalue weighted by molar-refractivity contribution is 7.80. The molecular weight excluding hydrogens is 526 g/mol. The molecule has 1 aromatic heterocycles. The average molecular weight is 554 g/mol. The summed E-state index contributed by atoms with van der Waals surface area (Å²) in [5.74, 6) is -0.977. The summed E-state index contributed by atoms with van der Waals surface area (Å²) >= 11 is 5.48. The Labute approximate surface area is 244 Å². The number of rotatable bonds is 5. The topological polar surface area (TPSA) is 54.3 Å². The quantitative estimate of drug-likeness (QED) is 0.142. The summed E-state index contributed by atoms with van der Waals surface area (Å²) in [5.41, 5.74) is 8.02. The standard InChI is InChI=1S/C35H27N3O2S/c1-23-18-19-24(2)30(20-23)38-34(40)29(33(39)36-35(38)41)21-27-22-31(25-12-6-3-7-13-25)37(28-16-10-5-11-17-28)32(27)26-14-8-4-9-15-26/h3-22H,1-2H3,(H,36,39,41)/b29-21-. The van der Waals surface area contributed by atoms with E-state index in [0.717, 1.165) is 44.9 Å². The first kappa shape index (κ1) is 26.2. The highest BCUT2D eigenvalue weighted by atomic mass is 32.1. The Kier molecular flexibility index (Phi) is 6.91. The van der Waals surface area contributed by atoms with Crippen molar-refractivity contribution in [1.82, 2.24) is 9.88 Å². The maximum atomic E-state index is 14.0. The number of carbonyl (C=O) groups is 2. The number of anilines is 1. The van der Waals surface area contributed by atoms with Gasteiger partial charge in [-0.25, -0.2) is 0 Å². The normalized spacial score (nSPS) is 14.4. The summed E-state index contributed by atoms with van der Waals surface area (Å²) in [4.78, 5) is 28.7. The molecule has 6 rings (SSSR count). The second kappa shape index (κ2) is 10.8. The Bertz CT molecular complexity index is 1820. The largest absolute Gasteiger partial charge is 0.309 e. The lowest BCUT2D eigenvalue weighted by Crippen LogP contribution is -2.54. The fourth-order valence-corrected chi connectivity index (χ4v) is 5.46. The number of aryl methyl sites for hydroxylation is 2. The Balaban J connectivity index is 1.60.